The molecule has 24 heavy (non-hydrogen) atoms. The zero-order valence-electron chi connectivity index (χ0n) is 12.8. The molecule has 2 heterocycles. The van der Waals surface area contributed by atoms with Gasteiger partial charge in [-0.05, 0) is 20.1 Å². The average Bonchev–Trinajstić information content (AvgIpc) is 2.67. The number of thioether (sulfide) groups is 2. The molecule has 0 radical (unpaired) electrons. The summed E-state index contributed by atoms with van der Waals surface area (Å²) in [7, 11) is 0. The minimum Gasteiger partial charge on any atom is -0.479 e. The van der Waals surface area contributed by atoms with Crippen LogP contribution >= 0.6 is 58.3 Å². The smallest absolute Gasteiger partial charge is 0.408 e. The standard InChI is InChI=1S/C12H15Cl3N2O5S2/c1-10(2)12(23-3,8(19)20)17-6(18)5(7(17)24-10)16-9(21)22-4-11(13,14)15/h5,7H,4H2,1-3H3,(H,16,21)(H,19,20)/t5-,7-,12-/m1/s1. The van der Waals surface area contributed by atoms with E-state index in [-0.39, 0.29) is 0 Å². The summed E-state index contributed by atoms with van der Waals surface area (Å²) < 4.78 is 2.23. The second-order valence-electron chi connectivity index (χ2n) is 5.69. The Kier molecular flexibility index (Phi) is 5.44. The van der Waals surface area contributed by atoms with Crippen LogP contribution in [0.3, 0.4) is 0 Å². The molecular formula is C12H15Cl3N2O5S2. The third kappa shape index (κ3) is 3.13. The summed E-state index contributed by atoms with van der Waals surface area (Å²) in [4.78, 5) is 35.9. The molecule has 0 saturated carbocycles. The molecular weight excluding hydrogens is 423 g/mol. The van der Waals surface area contributed by atoms with Gasteiger partial charge in [-0.2, -0.15) is 0 Å². The Morgan fingerprint density at radius 3 is 2.50 bits per heavy atom. The first-order valence-electron chi connectivity index (χ1n) is 6.67. The molecule has 2 aliphatic rings. The van der Waals surface area contributed by atoms with Gasteiger partial charge in [0.15, 0.2) is 0 Å². The number of carbonyl (C=O) groups is 3. The van der Waals surface area contributed by atoms with E-state index in [1.165, 1.54) is 16.7 Å². The van der Waals surface area contributed by atoms with Crippen molar-refractivity contribution in [3.63, 3.8) is 0 Å². The molecule has 0 aliphatic carbocycles. The van der Waals surface area contributed by atoms with Gasteiger partial charge in [-0.1, -0.05) is 34.8 Å². The monoisotopic (exact) mass is 436 g/mol. The number of β-lactam (4-membered cyclic amide) rings is 1. The number of ether oxygens (including phenoxy) is 1. The fourth-order valence-electron chi connectivity index (χ4n) is 2.83. The average molecular weight is 438 g/mol. The number of hydrogen-bond donors (Lipinski definition) is 2. The number of fused-ring (bicyclic) bond motifs is 1. The van der Waals surface area contributed by atoms with Crippen LogP contribution in [0.2, 0.25) is 0 Å². The van der Waals surface area contributed by atoms with Crippen LogP contribution in [0, 0.1) is 0 Å². The molecule has 0 aromatic carbocycles. The predicted octanol–water partition coefficient (Wildman–Crippen LogP) is 2.29. The molecule has 0 aromatic rings. The topological polar surface area (TPSA) is 95.9 Å². The van der Waals surface area contributed by atoms with E-state index in [1.54, 1.807) is 20.1 Å². The Labute approximate surface area is 162 Å². The molecule has 0 bridgehead atoms. The van der Waals surface area contributed by atoms with Crippen LogP contribution in [0.4, 0.5) is 4.79 Å². The SMILES string of the molecule is CS[C@@]1(C(=O)O)N2C(=O)[C@@H](NC(=O)OCC(Cl)(Cl)Cl)[C@H]2SC1(C)C. The highest BCUT2D eigenvalue weighted by Gasteiger charge is 2.73. The number of aliphatic carboxylic acids is 1. The van der Waals surface area contributed by atoms with Gasteiger partial charge in [0.1, 0.15) is 18.0 Å². The largest absolute Gasteiger partial charge is 0.479 e. The third-order valence-electron chi connectivity index (χ3n) is 3.84. The van der Waals surface area contributed by atoms with Crippen molar-refractivity contribution in [3.05, 3.63) is 0 Å². The zero-order chi connectivity index (χ0) is 18.5. The first-order valence-corrected chi connectivity index (χ1v) is 9.91. The first-order chi connectivity index (χ1) is 10.9. The van der Waals surface area contributed by atoms with Gasteiger partial charge in [-0.3, -0.25) is 4.79 Å². The number of alkyl halides is 3. The number of rotatable bonds is 4. The Morgan fingerprint density at radius 1 is 1.46 bits per heavy atom. The second kappa shape index (κ2) is 6.50. The predicted molar refractivity (Wildman–Crippen MR) is 94.7 cm³/mol. The van der Waals surface area contributed by atoms with E-state index < -0.39 is 49.4 Å². The third-order valence-corrected chi connectivity index (χ3v) is 7.38. The van der Waals surface area contributed by atoms with Gasteiger partial charge in [0, 0.05) is 0 Å². The van der Waals surface area contributed by atoms with Crippen molar-refractivity contribution >= 4 is 76.3 Å². The molecule has 0 aromatic heterocycles. The summed E-state index contributed by atoms with van der Waals surface area (Å²) in [6, 6.07) is -0.884. The number of hydrogen-bond acceptors (Lipinski definition) is 6. The molecule has 7 nitrogen and oxygen atoms in total. The Hall–Kier alpha value is -0.220. The highest BCUT2D eigenvalue weighted by molar-refractivity contribution is 8.06. The minimum absolute atomic E-state index is 0.471. The highest BCUT2D eigenvalue weighted by Crippen LogP contribution is 2.60. The molecule has 2 saturated heterocycles. The number of nitrogens with zero attached hydrogens (tertiary/aromatic N) is 1. The van der Waals surface area contributed by atoms with Gasteiger partial charge in [0.2, 0.25) is 8.66 Å². The summed E-state index contributed by atoms with van der Waals surface area (Å²) in [5.41, 5.74) is 0. The van der Waals surface area contributed by atoms with Crippen LogP contribution in [-0.4, -0.2) is 65.7 Å². The van der Waals surface area contributed by atoms with E-state index in [9.17, 15) is 19.5 Å². The van der Waals surface area contributed by atoms with E-state index in [4.69, 9.17) is 39.5 Å². The second-order valence-corrected chi connectivity index (χ2v) is 10.9. The molecule has 2 aliphatic heterocycles. The maximum Gasteiger partial charge on any atom is 0.408 e. The number of carboxylic acids is 1. The van der Waals surface area contributed by atoms with E-state index in [2.05, 4.69) is 5.32 Å². The van der Waals surface area contributed by atoms with Crippen molar-refractivity contribution in [2.24, 2.45) is 0 Å². The lowest BCUT2D eigenvalue weighted by molar-refractivity contribution is -0.162. The summed E-state index contributed by atoms with van der Waals surface area (Å²) in [6.07, 6.45) is 0.733. The van der Waals surface area contributed by atoms with Crippen molar-refractivity contribution in [1.82, 2.24) is 10.2 Å². The Bertz CT molecular complexity index is 586. The molecule has 0 unspecified atom stereocenters. The maximum atomic E-state index is 12.4. The maximum absolute atomic E-state index is 12.4. The van der Waals surface area contributed by atoms with Crippen molar-refractivity contribution in [2.75, 3.05) is 12.9 Å². The quantitative estimate of drug-likeness (QED) is 0.514. The summed E-state index contributed by atoms with van der Waals surface area (Å²) in [6.45, 7) is 3.04. The van der Waals surface area contributed by atoms with Crippen LogP contribution in [0.1, 0.15) is 13.8 Å². The number of amides is 2. The summed E-state index contributed by atoms with van der Waals surface area (Å²) in [5, 5.41) is 11.6. The molecule has 2 fully saturated rings. The fraction of sp³-hybridized carbons (Fsp3) is 0.750. The molecule has 12 heteroatoms. The van der Waals surface area contributed by atoms with Crippen LogP contribution in [0.25, 0.3) is 0 Å². The van der Waals surface area contributed by atoms with Crippen LogP contribution in [-0.2, 0) is 14.3 Å². The van der Waals surface area contributed by atoms with Crippen LogP contribution in [0.15, 0.2) is 0 Å². The minimum atomic E-state index is -1.76. The molecule has 0 spiro atoms. The molecule has 2 rings (SSSR count). The lowest BCUT2D eigenvalue weighted by Gasteiger charge is -2.48. The lowest BCUT2D eigenvalue weighted by Crippen LogP contribution is -2.74. The van der Waals surface area contributed by atoms with Gasteiger partial charge < -0.3 is 20.1 Å². The number of carboxylic acid groups (broad SMARTS) is 1. The number of alkyl carbamates (subject to hydrolysis) is 1. The normalized spacial score (nSPS) is 31.2. The molecule has 3 atom stereocenters. The van der Waals surface area contributed by atoms with Crippen molar-refractivity contribution < 1.29 is 24.2 Å². The zero-order valence-corrected chi connectivity index (χ0v) is 16.7. The summed E-state index contributed by atoms with van der Waals surface area (Å²) >= 11 is 18.9. The van der Waals surface area contributed by atoms with Gasteiger partial charge >= 0.3 is 12.1 Å². The van der Waals surface area contributed by atoms with E-state index in [0.717, 1.165) is 11.8 Å². The molecule has 2 amide bonds. The Balaban J connectivity index is 2.11. The van der Waals surface area contributed by atoms with Gasteiger partial charge in [-0.15, -0.1) is 23.5 Å². The first kappa shape index (κ1) is 20.1. The lowest BCUT2D eigenvalue weighted by atomic mass is 9.95. The summed E-state index contributed by atoms with van der Waals surface area (Å²) in [5.74, 6) is -1.58. The van der Waals surface area contributed by atoms with Crippen molar-refractivity contribution in [3.8, 4) is 0 Å². The number of halogens is 3. The van der Waals surface area contributed by atoms with Crippen molar-refractivity contribution in [2.45, 2.75) is 38.7 Å². The highest BCUT2D eigenvalue weighted by atomic mass is 35.6. The van der Waals surface area contributed by atoms with E-state index >= 15 is 0 Å². The fourth-order valence-corrected chi connectivity index (χ4v) is 6.16. The molecule has 136 valence electrons. The molecule has 2 N–H and O–H groups in total. The van der Waals surface area contributed by atoms with Gasteiger partial charge in [0.25, 0.3) is 5.91 Å². The van der Waals surface area contributed by atoms with E-state index in [0.29, 0.717) is 0 Å². The number of nitrogens with one attached hydrogen (secondary N) is 1. The van der Waals surface area contributed by atoms with Gasteiger partial charge in [-0.25, -0.2) is 9.59 Å². The van der Waals surface area contributed by atoms with Crippen LogP contribution in [0.5, 0.6) is 0 Å². The number of carbonyl (C=O) groups excluding carboxylic acids is 2. The van der Waals surface area contributed by atoms with Gasteiger partial charge in [0.05, 0.1) is 4.75 Å². The van der Waals surface area contributed by atoms with Crippen LogP contribution < -0.4 is 5.32 Å². The van der Waals surface area contributed by atoms with E-state index in [1.807, 2.05) is 0 Å². The Morgan fingerprint density at radius 2 is 2.04 bits per heavy atom. The van der Waals surface area contributed by atoms with Crippen molar-refractivity contribution in [1.29, 1.82) is 0 Å².